The molecule has 0 saturated carbocycles. The molecular formula is C20H23FN4O3. The quantitative estimate of drug-likeness (QED) is 0.579. The van der Waals surface area contributed by atoms with Gasteiger partial charge >= 0.3 is 0 Å². The Hall–Kier alpha value is -3.00. The largest absolute Gasteiger partial charge is 0.476 e. The normalized spacial score (nSPS) is 14.3. The van der Waals surface area contributed by atoms with Gasteiger partial charge in [0.2, 0.25) is 11.8 Å². The molecule has 8 heteroatoms. The van der Waals surface area contributed by atoms with Gasteiger partial charge < -0.3 is 19.7 Å². The van der Waals surface area contributed by atoms with Crippen LogP contribution in [0.4, 0.5) is 10.2 Å². The van der Waals surface area contributed by atoms with Crippen LogP contribution in [0.15, 0.2) is 36.4 Å². The van der Waals surface area contributed by atoms with Crippen molar-refractivity contribution in [2.75, 3.05) is 44.4 Å². The average molecular weight is 386 g/mol. The molecule has 0 radical (unpaired) electrons. The molecule has 2 aromatic rings. The van der Waals surface area contributed by atoms with Gasteiger partial charge in [-0.3, -0.25) is 4.79 Å². The molecule has 1 saturated heterocycles. The van der Waals surface area contributed by atoms with Gasteiger partial charge in [-0.25, -0.2) is 9.37 Å². The molecule has 1 fully saturated rings. The maximum Gasteiger partial charge on any atom is 0.244 e. The lowest BCUT2D eigenvalue weighted by Crippen LogP contribution is -2.37. The van der Waals surface area contributed by atoms with Crippen molar-refractivity contribution in [3.8, 4) is 5.88 Å². The van der Waals surface area contributed by atoms with Crippen molar-refractivity contribution in [1.29, 1.82) is 0 Å². The number of hydrogen-bond donors (Lipinski definition) is 1. The second-order valence-corrected chi connectivity index (χ2v) is 6.24. The van der Waals surface area contributed by atoms with Gasteiger partial charge in [-0.05, 0) is 30.7 Å². The molecule has 0 spiro atoms. The number of benzene rings is 1. The van der Waals surface area contributed by atoms with Crippen molar-refractivity contribution < 1.29 is 18.7 Å². The Bertz CT molecular complexity index is 821. The van der Waals surface area contributed by atoms with Crippen molar-refractivity contribution in [2.24, 2.45) is 0 Å². The molecule has 0 aliphatic carbocycles. The Morgan fingerprint density at radius 1 is 1.29 bits per heavy atom. The molecule has 0 atom stereocenters. The number of hydrogen-bond acceptors (Lipinski definition) is 6. The number of ether oxygens (including phenoxy) is 2. The van der Waals surface area contributed by atoms with Gasteiger partial charge in [0.1, 0.15) is 24.1 Å². The van der Waals surface area contributed by atoms with Crippen molar-refractivity contribution in [3.63, 3.8) is 0 Å². The Balaban J connectivity index is 1.45. The maximum absolute atomic E-state index is 12.9. The number of aromatic nitrogens is 2. The smallest absolute Gasteiger partial charge is 0.244 e. The number of carbonyl (C=O) groups is 1. The van der Waals surface area contributed by atoms with Crippen molar-refractivity contribution in [2.45, 2.75) is 6.92 Å². The molecule has 1 N–H and O–H groups in total. The summed E-state index contributed by atoms with van der Waals surface area (Å²) in [6.45, 7) is 5.36. The fraction of sp³-hybridized carbons (Fsp3) is 0.350. The number of halogens is 1. The predicted molar refractivity (Wildman–Crippen MR) is 104 cm³/mol. The van der Waals surface area contributed by atoms with E-state index < -0.39 is 0 Å². The van der Waals surface area contributed by atoms with E-state index in [0.29, 0.717) is 31.5 Å². The van der Waals surface area contributed by atoms with Crippen LogP contribution in [-0.4, -0.2) is 55.3 Å². The van der Waals surface area contributed by atoms with Crippen LogP contribution in [-0.2, 0) is 9.53 Å². The van der Waals surface area contributed by atoms with Gasteiger partial charge in [-0.15, -0.1) is 0 Å². The summed E-state index contributed by atoms with van der Waals surface area (Å²) in [4.78, 5) is 22.7. The first-order valence-corrected chi connectivity index (χ1v) is 9.13. The van der Waals surface area contributed by atoms with Crippen LogP contribution in [0.1, 0.15) is 11.4 Å². The Kier molecular flexibility index (Phi) is 6.91. The number of amides is 1. The Morgan fingerprint density at radius 2 is 2.04 bits per heavy atom. The zero-order chi connectivity index (χ0) is 19.8. The third-order valence-corrected chi connectivity index (χ3v) is 4.08. The van der Waals surface area contributed by atoms with E-state index >= 15 is 0 Å². The summed E-state index contributed by atoms with van der Waals surface area (Å²) in [5.41, 5.74) is 0.750. The zero-order valence-electron chi connectivity index (χ0n) is 15.7. The topological polar surface area (TPSA) is 76.6 Å². The first-order chi connectivity index (χ1) is 13.6. The molecule has 28 heavy (non-hydrogen) atoms. The number of morpholine rings is 1. The molecule has 1 aromatic carbocycles. The minimum absolute atomic E-state index is 0.249. The molecule has 1 amide bonds. The lowest BCUT2D eigenvalue weighted by atomic mass is 10.2. The van der Waals surface area contributed by atoms with E-state index in [9.17, 15) is 9.18 Å². The van der Waals surface area contributed by atoms with Gasteiger partial charge in [0.25, 0.3) is 0 Å². The highest BCUT2D eigenvalue weighted by Gasteiger charge is 2.14. The number of nitrogens with one attached hydrogen (secondary N) is 1. The van der Waals surface area contributed by atoms with E-state index in [0.717, 1.165) is 24.5 Å². The van der Waals surface area contributed by atoms with Crippen LogP contribution in [0, 0.1) is 12.7 Å². The Labute approximate surface area is 163 Å². The van der Waals surface area contributed by atoms with Gasteiger partial charge in [0.05, 0.1) is 19.8 Å². The fourth-order valence-electron chi connectivity index (χ4n) is 2.69. The first-order valence-electron chi connectivity index (χ1n) is 9.13. The predicted octanol–water partition coefficient (Wildman–Crippen LogP) is 1.97. The second-order valence-electron chi connectivity index (χ2n) is 6.24. The number of anilines is 1. The molecule has 1 aliphatic heterocycles. The molecule has 1 aliphatic rings. The summed E-state index contributed by atoms with van der Waals surface area (Å²) < 4.78 is 23.9. The monoisotopic (exact) mass is 386 g/mol. The summed E-state index contributed by atoms with van der Waals surface area (Å²) in [6.07, 6.45) is 3.02. The van der Waals surface area contributed by atoms with Crippen LogP contribution in [0.3, 0.4) is 0 Å². The van der Waals surface area contributed by atoms with Crippen molar-refractivity contribution >= 4 is 17.8 Å². The SMILES string of the molecule is Cc1nc(OCCNC(=O)C=Cc2ccc(F)cc2)cc(N2CCOCC2)n1. The van der Waals surface area contributed by atoms with E-state index in [-0.39, 0.29) is 18.3 Å². The van der Waals surface area contributed by atoms with Gasteiger partial charge in [0.15, 0.2) is 0 Å². The van der Waals surface area contributed by atoms with Gasteiger partial charge in [-0.1, -0.05) is 12.1 Å². The number of carbonyl (C=O) groups excluding carboxylic acids is 1. The summed E-state index contributed by atoms with van der Waals surface area (Å²) in [5, 5.41) is 2.73. The summed E-state index contributed by atoms with van der Waals surface area (Å²) in [6, 6.07) is 7.70. The fourth-order valence-corrected chi connectivity index (χ4v) is 2.69. The standard InChI is InChI=1S/C20H23FN4O3/c1-15-23-18(25-9-12-27-13-10-25)14-20(24-15)28-11-8-22-19(26)7-4-16-2-5-17(21)6-3-16/h2-7,14H,8-13H2,1H3,(H,22,26). The van der Waals surface area contributed by atoms with Crippen LogP contribution in [0.25, 0.3) is 6.08 Å². The van der Waals surface area contributed by atoms with Crippen LogP contribution >= 0.6 is 0 Å². The number of aryl methyl sites for hydroxylation is 1. The summed E-state index contributed by atoms with van der Waals surface area (Å²) >= 11 is 0. The van der Waals surface area contributed by atoms with E-state index in [1.165, 1.54) is 18.2 Å². The lowest BCUT2D eigenvalue weighted by molar-refractivity contribution is -0.116. The first kappa shape index (κ1) is 19.8. The number of rotatable bonds is 7. The Morgan fingerprint density at radius 3 is 2.79 bits per heavy atom. The second kappa shape index (κ2) is 9.80. The van der Waals surface area contributed by atoms with Crippen LogP contribution in [0.2, 0.25) is 0 Å². The molecule has 2 heterocycles. The minimum Gasteiger partial charge on any atom is -0.476 e. The van der Waals surface area contributed by atoms with Crippen LogP contribution in [0.5, 0.6) is 5.88 Å². The van der Waals surface area contributed by atoms with E-state index in [1.807, 2.05) is 6.92 Å². The highest BCUT2D eigenvalue weighted by atomic mass is 19.1. The average Bonchev–Trinajstić information content (AvgIpc) is 2.71. The maximum atomic E-state index is 12.9. The minimum atomic E-state index is -0.310. The lowest BCUT2D eigenvalue weighted by Gasteiger charge is -2.28. The molecule has 3 rings (SSSR count). The highest BCUT2D eigenvalue weighted by molar-refractivity contribution is 5.91. The van der Waals surface area contributed by atoms with Gasteiger partial charge in [-0.2, -0.15) is 4.98 Å². The third kappa shape index (κ3) is 6.02. The zero-order valence-corrected chi connectivity index (χ0v) is 15.7. The molecule has 1 aromatic heterocycles. The molecule has 148 valence electrons. The third-order valence-electron chi connectivity index (χ3n) is 4.08. The summed E-state index contributed by atoms with van der Waals surface area (Å²) in [5.74, 6) is 1.36. The number of nitrogens with zero attached hydrogens (tertiary/aromatic N) is 3. The van der Waals surface area contributed by atoms with E-state index in [1.54, 1.807) is 24.3 Å². The molecular weight excluding hydrogens is 363 g/mol. The summed E-state index contributed by atoms with van der Waals surface area (Å²) in [7, 11) is 0. The van der Waals surface area contributed by atoms with Crippen LogP contribution < -0.4 is 15.0 Å². The van der Waals surface area contributed by atoms with Crippen molar-refractivity contribution in [3.05, 3.63) is 53.6 Å². The van der Waals surface area contributed by atoms with E-state index in [2.05, 4.69) is 20.2 Å². The molecule has 0 unspecified atom stereocenters. The molecule has 0 bridgehead atoms. The van der Waals surface area contributed by atoms with Gasteiger partial charge in [0, 0.05) is 25.2 Å². The van der Waals surface area contributed by atoms with Crippen molar-refractivity contribution in [1.82, 2.24) is 15.3 Å². The highest BCUT2D eigenvalue weighted by Crippen LogP contribution is 2.18. The molecule has 7 nitrogen and oxygen atoms in total. The van der Waals surface area contributed by atoms with E-state index in [4.69, 9.17) is 9.47 Å².